The Morgan fingerprint density at radius 2 is 1.26 bits per heavy atom. The Morgan fingerprint density at radius 1 is 0.744 bits per heavy atom. The van der Waals surface area contributed by atoms with Crippen molar-refractivity contribution in [2.24, 2.45) is 0 Å². The zero-order valence-corrected chi connectivity index (χ0v) is 23.9. The van der Waals surface area contributed by atoms with Gasteiger partial charge in [0.1, 0.15) is 5.75 Å². The van der Waals surface area contributed by atoms with Gasteiger partial charge in [-0.1, -0.05) is 24.3 Å². The molecule has 4 rings (SSSR count). The maximum Gasteiger partial charge on any atom is 0.260 e. The van der Waals surface area contributed by atoms with Gasteiger partial charge in [0.2, 0.25) is 11.8 Å². The Morgan fingerprint density at radius 3 is 1.82 bits per heavy atom. The molecule has 0 aliphatic carbocycles. The minimum Gasteiger partial charge on any atom is -0.494 e. The number of nitrogens with zero attached hydrogens (tertiary/aromatic N) is 3. The van der Waals surface area contributed by atoms with E-state index < -0.39 is 10.8 Å². The third-order valence-corrected chi connectivity index (χ3v) is 7.93. The van der Waals surface area contributed by atoms with Gasteiger partial charge >= 0.3 is 0 Å². The molecule has 0 N–H and O–H groups in total. The molecule has 0 saturated carbocycles. The monoisotopic (exact) mass is 533 g/mol. The van der Waals surface area contributed by atoms with Gasteiger partial charge in [0.25, 0.3) is 11.8 Å². The van der Waals surface area contributed by atoms with Crippen molar-refractivity contribution in [3.05, 3.63) is 64.7 Å². The van der Waals surface area contributed by atoms with Gasteiger partial charge in [0, 0.05) is 24.2 Å². The molecule has 2 aliphatic rings. The smallest absolute Gasteiger partial charge is 0.260 e. The molecular formula is C31H39N3O5. The number of carbonyl (C=O) groups excluding carboxylic acids is 4. The van der Waals surface area contributed by atoms with Gasteiger partial charge in [0.05, 0.1) is 17.4 Å². The van der Waals surface area contributed by atoms with E-state index >= 15 is 0 Å². The number of hydrogen-bond acceptors (Lipinski definition) is 6. The van der Waals surface area contributed by atoms with Gasteiger partial charge in [-0.15, -0.1) is 0 Å². The van der Waals surface area contributed by atoms with Crippen LogP contribution in [0.1, 0.15) is 79.3 Å². The molecule has 0 radical (unpaired) electrons. The molecule has 39 heavy (non-hydrogen) atoms. The molecule has 0 fully saturated rings. The third-order valence-electron chi connectivity index (χ3n) is 7.93. The molecule has 2 aromatic rings. The van der Waals surface area contributed by atoms with Crippen LogP contribution in [-0.4, -0.2) is 78.2 Å². The second kappa shape index (κ2) is 10.9. The van der Waals surface area contributed by atoms with Crippen molar-refractivity contribution in [2.75, 3.05) is 39.8 Å². The van der Waals surface area contributed by atoms with Crippen LogP contribution in [0.15, 0.2) is 42.5 Å². The first-order valence-electron chi connectivity index (χ1n) is 13.7. The lowest BCUT2D eigenvalue weighted by Crippen LogP contribution is -2.52. The van der Waals surface area contributed by atoms with Crippen LogP contribution in [-0.2, 0) is 20.4 Å². The number of fused-ring (bicyclic) bond motifs is 2. The molecule has 208 valence electrons. The van der Waals surface area contributed by atoms with Gasteiger partial charge in [-0.3, -0.25) is 29.0 Å². The van der Waals surface area contributed by atoms with E-state index in [1.54, 1.807) is 18.2 Å². The van der Waals surface area contributed by atoms with E-state index in [1.165, 1.54) is 9.80 Å². The van der Waals surface area contributed by atoms with Crippen molar-refractivity contribution in [3.63, 3.8) is 0 Å². The summed E-state index contributed by atoms with van der Waals surface area (Å²) in [6.45, 7) is 11.8. The van der Waals surface area contributed by atoms with Crippen LogP contribution in [0.4, 0.5) is 0 Å². The Bertz CT molecular complexity index is 1300. The van der Waals surface area contributed by atoms with Crippen molar-refractivity contribution < 1.29 is 23.9 Å². The van der Waals surface area contributed by atoms with E-state index in [1.807, 2.05) is 65.9 Å². The van der Waals surface area contributed by atoms with Crippen LogP contribution in [0.2, 0.25) is 0 Å². The van der Waals surface area contributed by atoms with Crippen molar-refractivity contribution in [3.8, 4) is 5.75 Å². The standard InChI is InChI=1S/C31H39N3O5/c1-7-39-21-14-15-25-23(20-21)27(36)34(29(38)31(25,4)5)19-11-17-32(6)16-10-18-33-26(35)22-12-8-9-13-24(22)30(2,3)28(33)37/h8-9,12-15,20H,7,10-11,16-19H2,1-6H3. The minimum absolute atomic E-state index is 0.175. The summed E-state index contributed by atoms with van der Waals surface area (Å²) in [6, 6.07) is 12.7. The SMILES string of the molecule is CCOc1ccc2c(c1)C(=O)N(CCCN(C)CCCN1C(=O)c3ccccc3C(C)(C)C1=O)C(=O)C2(C)C. The van der Waals surface area contributed by atoms with Gasteiger partial charge in [-0.2, -0.15) is 0 Å². The number of ether oxygens (including phenoxy) is 1. The number of imide groups is 2. The van der Waals surface area contributed by atoms with E-state index in [9.17, 15) is 19.2 Å². The summed E-state index contributed by atoms with van der Waals surface area (Å²) in [6.07, 6.45) is 1.25. The lowest BCUT2D eigenvalue weighted by molar-refractivity contribution is -0.135. The van der Waals surface area contributed by atoms with E-state index in [4.69, 9.17) is 4.74 Å². The summed E-state index contributed by atoms with van der Waals surface area (Å²) >= 11 is 0. The van der Waals surface area contributed by atoms with E-state index in [2.05, 4.69) is 4.90 Å². The summed E-state index contributed by atoms with van der Waals surface area (Å²) in [5.41, 5.74) is 1.04. The molecule has 0 unspecified atom stereocenters. The number of amides is 4. The third kappa shape index (κ3) is 5.22. The molecule has 2 aliphatic heterocycles. The fourth-order valence-electron chi connectivity index (χ4n) is 5.61. The molecule has 0 spiro atoms. The van der Waals surface area contributed by atoms with Crippen molar-refractivity contribution in [2.45, 2.75) is 58.3 Å². The summed E-state index contributed by atoms with van der Waals surface area (Å²) in [5.74, 6) is -0.284. The lowest BCUT2D eigenvalue weighted by Gasteiger charge is -2.38. The maximum atomic E-state index is 13.3. The Balaban J connectivity index is 1.32. The fourth-order valence-corrected chi connectivity index (χ4v) is 5.61. The molecule has 8 nitrogen and oxygen atoms in total. The second-order valence-electron chi connectivity index (χ2n) is 11.5. The Labute approximate surface area is 230 Å². The molecule has 2 aromatic carbocycles. The fraction of sp³-hybridized carbons (Fsp3) is 0.484. The Hall–Kier alpha value is -3.52. The second-order valence-corrected chi connectivity index (χ2v) is 11.5. The van der Waals surface area contributed by atoms with E-state index in [0.29, 0.717) is 62.5 Å². The van der Waals surface area contributed by atoms with Crippen LogP contribution < -0.4 is 4.74 Å². The first-order chi connectivity index (χ1) is 18.4. The molecule has 0 atom stereocenters. The normalized spacial score (nSPS) is 17.9. The van der Waals surface area contributed by atoms with E-state index in [-0.39, 0.29) is 23.6 Å². The largest absolute Gasteiger partial charge is 0.494 e. The summed E-state index contributed by atoms with van der Waals surface area (Å²) in [7, 11) is 1.96. The average Bonchev–Trinajstić information content (AvgIpc) is 2.91. The summed E-state index contributed by atoms with van der Waals surface area (Å²) in [4.78, 5) is 57.5. The zero-order valence-electron chi connectivity index (χ0n) is 23.9. The molecule has 8 heteroatoms. The molecule has 0 aromatic heterocycles. The van der Waals surface area contributed by atoms with Crippen molar-refractivity contribution in [1.29, 1.82) is 0 Å². The highest BCUT2D eigenvalue weighted by Crippen LogP contribution is 2.37. The highest BCUT2D eigenvalue weighted by molar-refractivity contribution is 6.13. The minimum atomic E-state index is -0.806. The highest BCUT2D eigenvalue weighted by atomic mass is 16.5. The first kappa shape index (κ1) is 28.5. The topological polar surface area (TPSA) is 87.2 Å². The highest BCUT2D eigenvalue weighted by Gasteiger charge is 2.45. The van der Waals surface area contributed by atoms with Gasteiger partial charge in [-0.05, 0) is 96.9 Å². The van der Waals surface area contributed by atoms with Crippen LogP contribution in [0, 0.1) is 0 Å². The predicted molar refractivity (Wildman–Crippen MR) is 149 cm³/mol. The molecule has 4 amide bonds. The summed E-state index contributed by atoms with van der Waals surface area (Å²) < 4.78 is 5.58. The summed E-state index contributed by atoms with van der Waals surface area (Å²) in [5, 5.41) is 0. The molecule has 2 heterocycles. The number of benzene rings is 2. The average molecular weight is 534 g/mol. The van der Waals surface area contributed by atoms with Crippen LogP contribution in [0.5, 0.6) is 5.75 Å². The predicted octanol–water partition coefficient (Wildman–Crippen LogP) is 4.02. The lowest BCUT2D eigenvalue weighted by atomic mass is 9.77. The number of rotatable bonds is 10. The zero-order chi connectivity index (χ0) is 28.5. The number of carbonyl (C=O) groups is 4. The van der Waals surface area contributed by atoms with Gasteiger partial charge in [-0.25, -0.2) is 0 Å². The number of hydrogen-bond donors (Lipinski definition) is 0. The van der Waals surface area contributed by atoms with Crippen LogP contribution in [0.25, 0.3) is 0 Å². The maximum absolute atomic E-state index is 13.3. The molecule has 0 saturated heterocycles. The quantitative estimate of drug-likeness (QED) is 0.429. The van der Waals surface area contributed by atoms with Gasteiger partial charge < -0.3 is 9.64 Å². The van der Waals surface area contributed by atoms with E-state index in [0.717, 1.165) is 11.1 Å². The van der Waals surface area contributed by atoms with Crippen molar-refractivity contribution >= 4 is 23.6 Å². The van der Waals surface area contributed by atoms with Crippen LogP contribution in [0.3, 0.4) is 0 Å². The van der Waals surface area contributed by atoms with Crippen LogP contribution >= 0.6 is 0 Å². The van der Waals surface area contributed by atoms with Gasteiger partial charge in [0.15, 0.2) is 0 Å². The molecular weight excluding hydrogens is 494 g/mol. The Kier molecular flexibility index (Phi) is 7.98. The first-order valence-corrected chi connectivity index (χ1v) is 13.7. The molecule has 0 bridgehead atoms. The van der Waals surface area contributed by atoms with Crippen molar-refractivity contribution in [1.82, 2.24) is 14.7 Å².